The van der Waals surface area contributed by atoms with E-state index in [1.807, 2.05) is 11.9 Å². The molecule has 84 valence electrons. The van der Waals surface area contributed by atoms with Crippen LogP contribution in [-0.2, 0) is 6.54 Å². The molecule has 1 rings (SSSR count). The van der Waals surface area contributed by atoms with E-state index in [2.05, 4.69) is 6.92 Å². The van der Waals surface area contributed by atoms with Crippen molar-refractivity contribution in [1.29, 1.82) is 0 Å². The standard InChI is InChI=1S/C12H17F2N/c1-3-4-8-15(2)9-10-11(13)6-5-7-12(10)14/h5-7H,3-4,8-9H2,1-2H3. The summed E-state index contributed by atoms with van der Waals surface area (Å²) in [6.07, 6.45) is 2.14. The van der Waals surface area contributed by atoms with Crippen molar-refractivity contribution in [2.45, 2.75) is 26.3 Å². The lowest BCUT2D eigenvalue weighted by Gasteiger charge is -2.16. The van der Waals surface area contributed by atoms with Gasteiger partial charge in [-0.3, -0.25) is 0 Å². The molecule has 0 amide bonds. The minimum atomic E-state index is -0.460. The number of benzene rings is 1. The number of halogens is 2. The summed E-state index contributed by atoms with van der Waals surface area (Å²) in [4.78, 5) is 1.94. The highest BCUT2D eigenvalue weighted by atomic mass is 19.1. The lowest BCUT2D eigenvalue weighted by Crippen LogP contribution is -2.20. The molecule has 15 heavy (non-hydrogen) atoms. The van der Waals surface area contributed by atoms with E-state index >= 15 is 0 Å². The predicted octanol–water partition coefficient (Wildman–Crippen LogP) is 3.20. The Balaban J connectivity index is 2.63. The Labute approximate surface area is 89.7 Å². The molecule has 1 nitrogen and oxygen atoms in total. The lowest BCUT2D eigenvalue weighted by molar-refractivity contribution is 0.309. The molecule has 0 spiro atoms. The Bertz CT molecular complexity index is 292. The number of nitrogens with zero attached hydrogens (tertiary/aromatic N) is 1. The van der Waals surface area contributed by atoms with Gasteiger partial charge in [0.2, 0.25) is 0 Å². The van der Waals surface area contributed by atoms with Crippen molar-refractivity contribution in [3.05, 3.63) is 35.4 Å². The van der Waals surface area contributed by atoms with Crippen molar-refractivity contribution in [2.75, 3.05) is 13.6 Å². The van der Waals surface area contributed by atoms with Crippen LogP contribution in [0, 0.1) is 11.6 Å². The fourth-order valence-electron chi connectivity index (χ4n) is 1.46. The fourth-order valence-corrected chi connectivity index (χ4v) is 1.46. The van der Waals surface area contributed by atoms with E-state index in [0.29, 0.717) is 6.54 Å². The molecular weight excluding hydrogens is 196 g/mol. The van der Waals surface area contributed by atoms with E-state index in [1.54, 1.807) is 0 Å². The van der Waals surface area contributed by atoms with Crippen molar-refractivity contribution >= 4 is 0 Å². The molecule has 0 bridgehead atoms. The smallest absolute Gasteiger partial charge is 0.130 e. The van der Waals surface area contributed by atoms with Crippen LogP contribution in [-0.4, -0.2) is 18.5 Å². The summed E-state index contributed by atoms with van der Waals surface area (Å²) in [7, 11) is 1.88. The van der Waals surface area contributed by atoms with E-state index < -0.39 is 11.6 Å². The number of hydrogen-bond donors (Lipinski definition) is 0. The van der Waals surface area contributed by atoms with Crippen LogP contribution in [0.15, 0.2) is 18.2 Å². The van der Waals surface area contributed by atoms with Crippen molar-refractivity contribution in [1.82, 2.24) is 4.90 Å². The van der Waals surface area contributed by atoms with Crippen LogP contribution >= 0.6 is 0 Å². The van der Waals surface area contributed by atoms with Crippen LogP contribution < -0.4 is 0 Å². The van der Waals surface area contributed by atoms with Gasteiger partial charge in [0.15, 0.2) is 0 Å². The van der Waals surface area contributed by atoms with Gasteiger partial charge in [-0.25, -0.2) is 8.78 Å². The zero-order chi connectivity index (χ0) is 11.3. The molecule has 0 aliphatic heterocycles. The van der Waals surface area contributed by atoms with Gasteiger partial charge in [0.25, 0.3) is 0 Å². The average molecular weight is 213 g/mol. The van der Waals surface area contributed by atoms with Gasteiger partial charge in [-0.1, -0.05) is 19.4 Å². The van der Waals surface area contributed by atoms with E-state index in [1.165, 1.54) is 18.2 Å². The zero-order valence-electron chi connectivity index (χ0n) is 9.26. The van der Waals surface area contributed by atoms with E-state index in [0.717, 1.165) is 19.4 Å². The summed E-state index contributed by atoms with van der Waals surface area (Å²) in [5.74, 6) is -0.920. The van der Waals surface area contributed by atoms with Crippen molar-refractivity contribution in [2.24, 2.45) is 0 Å². The molecule has 0 saturated heterocycles. The first-order chi connectivity index (χ1) is 7.15. The molecule has 0 aliphatic carbocycles. The molecule has 3 heteroatoms. The van der Waals surface area contributed by atoms with Gasteiger partial charge in [0.1, 0.15) is 11.6 Å². The molecule has 0 N–H and O–H groups in total. The summed E-state index contributed by atoms with van der Waals surface area (Å²) in [6, 6.07) is 3.98. The maximum Gasteiger partial charge on any atom is 0.130 e. The molecule has 0 atom stereocenters. The Morgan fingerprint density at radius 2 is 1.80 bits per heavy atom. The molecule has 0 unspecified atom stereocenters. The Kier molecular flexibility index (Phi) is 4.69. The maximum absolute atomic E-state index is 13.3. The Morgan fingerprint density at radius 3 is 2.33 bits per heavy atom. The van der Waals surface area contributed by atoms with Crippen LogP contribution in [0.1, 0.15) is 25.3 Å². The normalized spacial score (nSPS) is 11.0. The van der Waals surface area contributed by atoms with Crippen LogP contribution in [0.25, 0.3) is 0 Å². The zero-order valence-corrected chi connectivity index (χ0v) is 9.26. The second-order valence-electron chi connectivity index (χ2n) is 3.79. The highest BCUT2D eigenvalue weighted by Gasteiger charge is 2.10. The quantitative estimate of drug-likeness (QED) is 0.726. The highest BCUT2D eigenvalue weighted by Crippen LogP contribution is 2.14. The van der Waals surface area contributed by atoms with Gasteiger partial charge in [0.05, 0.1) is 0 Å². The molecular formula is C12H17F2N. The van der Waals surface area contributed by atoms with Gasteiger partial charge >= 0.3 is 0 Å². The molecule has 1 aromatic rings. The predicted molar refractivity (Wildman–Crippen MR) is 57.6 cm³/mol. The van der Waals surface area contributed by atoms with Crippen molar-refractivity contribution < 1.29 is 8.78 Å². The monoisotopic (exact) mass is 213 g/mol. The molecule has 0 heterocycles. The minimum absolute atomic E-state index is 0.163. The first kappa shape index (κ1) is 12.1. The summed E-state index contributed by atoms with van der Waals surface area (Å²) < 4.78 is 26.5. The van der Waals surface area contributed by atoms with Crippen LogP contribution in [0.3, 0.4) is 0 Å². The molecule has 0 aromatic heterocycles. The van der Waals surface area contributed by atoms with Gasteiger partial charge in [-0.2, -0.15) is 0 Å². The van der Waals surface area contributed by atoms with Gasteiger partial charge in [-0.05, 0) is 32.1 Å². The minimum Gasteiger partial charge on any atom is -0.302 e. The first-order valence-corrected chi connectivity index (χ1v) is 5.26. The third kappa shape index (κ3) is 3.59. The van der Waals surface area contributed by atoms with Crippen LogP contribution in [0.2, 0.25) is 0 Å². The Morgan fingerprint density at radius 1 is 1.20 bits per heavy atom. The van der Waals surface area contributed by atoms with Crippen LogP contribution in [0.4, 0.5) is 8.78 Å². The Hall–Kier alpha value is -0.960. The number of unbranched alkanes of at least 4 members (excludes halogenated alkanes) is 1. The van der Waals surface area contributed by atoms with E-state index in [9.17, 15) is 8.78 Å². The van der Waals surface area contributed by atoms with Gasteiger partial charge < -0.3 is 4.90 Å². The first-order valence-electron chi connectivity index (χ1n) is 5.26. The third-order valence-corrected chi connectivity index (χ3v) is 2.38. The van der Waals surface area contributed by atoms with Crippen LogP contribution in [0.5, 0.6) is 0 Å². The maximum atomic E-state index is 13.3. The summed E-state index contributed by atoms with van der Waals surface area (Å²) in [5.41, 5.74) is 0.163. The third-order valence-electron chi connectivity index (χ3n) is 2.38. The molecule has 0 saturated carbocycles. The molecule has 0 radical (unpaired) electrons. The molecule has 0 fully saturated rings. The number of rotatable bonds is 5. The second kappa shape index (κ2) is 5.81. The summed E-state index contributed by atoms with van der Waals surface area (Å²) in [6.45, 7) is 3.29. The molecule has 1 aromatic carbocycles. The topological polar surface area (TPSA) is 3.24 Å². The molecule has 0 aliphatic rings. The van der Waals surface area contributed by atoms with Gasteiger partial charge in [0, 0.05) is 12.1 Å². The van der Waals surface area contributed by atoms with Crippen molar-refractivity contribution in [3.63, 3.8) is 0 Å². The average Bonchev–Trinajstić information content (AvgIpc) is 2.21. The van der Waals surface area contributed by atoms with E-state index in [4.69, 9.17) is 0 Å². The SMILES string of the molecule is CCCCN(C)Cc1c(F)cccc1F. The largest absolute Gasteiger partial charge is 0.302 e. The lowest BCUT2D eigenvalue weighted by atomic mass is 10.2. The highest BCUT2D eigenvalue weighted by molar-refractivity contribution is 5.19. The summed E-state index contributed by atoms with van der Waals surface area (Å²) >= 11 is 0. The van der Waals surface area contributed by atoms with Gasteiger partial charge in [-0.15, -0.1) is 0 Å². The van der Waals surface area contributed by atoms with E-state index in [-0.39, 0.29) is 5.56 Å². The fraction of sp³-hybridized carbons (Fsp3) is 0.500. The number of hydrogen-bond acceptors (Lipinski definition) is 1. The van der Waals surface area contributed by atoms with Crippen molar-refractivity contribution in [3.8, 4) is 0 Å². The second-order valence-corrected chi connectivity index (χ2v) is 3.79. The summed E-state index contributed by atoms with van der Waals surface area (Å²) in [5, 5.41) is 0.